The first-order valence-electron chi connectivity index (χ1n) is 10.2. The summed E-state index contributed by atoms with van der Waals surface area (Å²) in [6.07, 6.45) is 4.85. The van der Waals surface area contributed by atoms with Gasteiger partial charge in [-0.1, -0.05) is 33.8 Å². The fraction of sp³-hybridized carbons (Fsp3) is 0.545. The van der Waals surface area contributed by atoms with Crippen molar-refractivity contribution in [3.8, 4) is 11.5 Å². The van der Waals surface area contributed by atoms with Crippen molar-refractivity contribution in [2.45, 2.75) is 47.0 Å². The fourth-order valence-corrected chi connectivity index (χ4v) is 3.38. The number of piperidine rings is 1. The average molecular weight is 382 g/mol. The number of nitrogens with one attached hydrogen (secondary N) is 1. The fourth-order valence-electron chi connectivity index (χ4n) is 3.38. The lowest BCUT2D eigenvalue weighted by atomic mass is 9.94. The predicted octanol–water partition coefficient (Wildman–Crippen LogP) is 3.48. The lowest BCUT2D eigenvalue weighted by Crippen LogP contribution is -2.43. The molecule has 0 bridgehead atoms. The predicted molar refractivity (Wildman–Crippen MR) is 112 cm³/mol. The number of anilines is 1. The number of rotatable bonds is 5. The Morgan fingerprint density at radius 2 is 2.11 bits per heavy atom. The second-order valence-electron chi connectivity index (χ2n) is 8.52. The van der Waals surface area contributed by atoms with Crippen LogP contribution in [-0.4, -0.2) is 40.5 Å². The Morgan fingerprint density at radius 3 is 2.79 bits per heavy atom. The second kappa shape index (κ2) is 8.67. The van der Waals surface area contributed by atoms with Crippen molar-refractivity contribution in [2.75, 3.05) is 24.5 Å². The molecule has 1 N–H and O–H groups in total. The molecular weight excluding hydrogens is 350 g/mol. The molecule has 1 fully saturated rings. The quantitative estimate of drug-likeness (QED) is 0.858. The van der Waals surface area contributed by atoms with Crippen molar-refractivity contribution >= 4 is 11.7 Å². The number of nitrogens with zero attached hydrogens (tertiary/aromatic N) is 4. The summed E-state index contributed by atoms with van der Waals surface area (Å²) in [5.74, 6) is 2.17. The number of aryl methyl sites for hydroxylation is 1. The molecule has 1 amide bonds. The van der Waals surface area contributed by atoms with Crippen molar-refractivity contribution in [1.29, 1.82) is 0 Å². The Bertz CT molecular complexity index is 800. The summed E-state index contributed by atoms with van der Waals surface area (Å²) in [7, 11) is 0. The molecule has 1 aliphatic heterocycles. The van der Waals surface area contributed by atoms with Gasteiger partial charge >= 0.3 is 0 Å². The molecular formula is C22H31N5O. The van der Waals surface area contributed by atoms with E-state index in [4.69, 9.17) is 4.98 Å². The van der Waals surface area contributed by atoms with Gasteiger partial charge in [-0.3, -0.25) is 9.78 Å². The topological polar surface area (TPSA) is 71.0 Å². The maximum Gasteiger partial charge on any atom is 0.225 e. The highest BCUT2D eigenvalue weighted by Gasteiger charge is 2.25. The molecule has 0 radical (unpaired) electrons. The van der Waals surface area contributed by atoms with E-state index < -0.39 is 0 Å². The highest BCUT2D eigenvalue weighted by molar-refractivity contribution is 5.81. The first kappa shape index (κ1) is 20.2. The number of pyridine rings is 1. The maximum absolute atomic E-state index is 12.2. The largest absolute Gasteiger partial charge is 0.356 e. The van der Waals surface area contributed by atoms with E-state index in [0.29, 0.717) is 18.3 Å². The van der Waals surface area contributed by atoms with Crippen LogP contribution in [0.15, 0.2) is 30.5 Å². The zero-order valence-electron chi connectivity index (χ0n) is 17.4. The number of carbonyl (C=O) groups is 1. The number of carbonyl (C=O) groups excluding carboxylic acids is 1. The van der Waals surface area contributed by atoms with Gasteiger partial charge in [-0.15, -0.1) is 0 Å². The Hall–Kier alpha value is -2.50. The molecule has 1 aliphatic rings. The van der Waals surface area contributed by atoms with E-state index in [2.05, 4.69) is 33.2 Å². The van der Waals surface area contributed by atoms with Crippen LogP contribution in [0.4, 0.5) is 5.82 Å². The molecule has 1 atom stereocenters. The van der Waals surface area contributed by atoms with Gasteiger partial charge in [-0.05, 0) is 37.3 Å². The average Bonchev–Trinajstić information content (AvgIpc) is 2.71. The molecule has 0 aromatic carbocycles. The highest BCUT2D eigenvalue weighted by atomic mass is 16.2. The van der Waals surface area contributed by atoms with Crippen LogP contribution in [-0.2, 0) is 11.2 Å². The van der Waals surface area contributed by atoms with Gasteiger partial charge in [0.1, 0.15) is 11.5 Å². The van der Waals surface area contributed by atoms with E-state index in [0.717, 1.165) is 49.6 Å². The zero-order chi connectivity index (χ0) is 20.1. The highest BCUT2D eigenvalue weighted by Crippen LogP contribution is 2.24. The summed E-state index contributed by atoms with van der Waals surface area (Å²) in [5, 5.41) is 3.12. The number of hydrogen-bond acceptors (Lipinski definition) is 5. The van der Waals surface area contributed by atoms with Gasteiger partial charge in [0.05, 0.1) is 0 Å². The van der Waals surface area contributed by atoms with Crippen LogP contribution in [0, 0.1) is 11.3 Å². The van der Waals surface area contributed by atoms with Crippen molar-refractivity contribution in [2.24, 2.45) is 11.3 Å². The van der Waals surface area contributed by atoms with E-state index in [1.54, 1.807) is 6.20 Å². The lowest BCUT2D eigenvalue weighted by molar-refractivity contribution is -0.128. The van der Waals surface area contributed by atoms with E-state index >= 15 is 0 Å². The second-order valence-corrected chi connectivity index (χ2v) is 8.52. The Balaban J connectivity index is 1.74. The van der Waals surface area contributed by atoms with E-state index in [1.807, 2.05) is 39.0 Å². The monoisotopic (exact) mass is 381 g/mol. The van der Waals surface area contributed by atoms with Crippen LogP contribution in [0.5, 0.6) is 0 Å². The summed E-state index contributed by atoms with van der Waals surface area (Å²) in [6.45, 7) is 10.5. The summed E-state index contributed by atoms with van der Waals surface area (Å²) in [6, 6.07) is 7.89. The number of amides is 1. The molecule has 3 rings (SSSR count). The molecule has 150 valence electrons. The molecule has 0 saturated carbocycles. The summed E-state index contributed by atoms with van der Waals surface area (Å²) in [5.41, 5.74) is 1.47. The molecule has 1 saturated heterocycles. The van der Waals surface area contributed by atoms with Gasteiger partial charge in [0.25, 0.3) is 0 Å². The Kier molecular flexibility index (Phi) is 6.27. The molecule has 1 unspecified atom stereocenters. The summed E-state index contributed by atoms with van der Waals surface area (Å²) < 4.78 is 0. The molecule has 2 aromatic heterocycles. The maximum atomic E-state index is 12.2. The minimum absolute atomic E-state index is 0.109. The smallest absolute Gasteiger partial charge is 0.225 e. The van der Waals surface area contributed by atoms with Crippen LogP contribution in [0.2, 0.25) is 0 Å². The van der Waals surface area contributed by atoms with Gasteiger partial charge in [0.15, 0.2) is 5.82 Å². The van der Waals surface area contributed by atoms with Gasteiger partial charge in [-0.2, -0.15) is 0 Å². The molecule has 0 spiro atoms. The zero-order valence-corrected chi connectivity index (χ0v) is 17.4. The minimum Gasteiger partial charge on any atom is -0.356 e. The van der Waals surface area contributed by atoms with Gasteiger partial charge in [0.2, 0.25) is 5.91 Å². The van der Waals surface area contributed by atoms with Gasteiger partial charge < -0.3 is 10.2 Å². The van der Waals surface area contributed by atoms with Crippen molar-refractivity contribution < 1.29 is 4.79 Å². The van der Waals surface area contributed by atoms with Crippen LogP contribution >= 0.6 is 0 Å². The third-order valence-electron chi connectivity index (χ3n) is 5.10. The van der Waals surface area contributed by atoms with Crippen molar-refractivity contribution in [3.63, 3.8) is 0 Å². The minimum atomic E-state index is -0.353. The Morgan fingerprint density at radius 1 is 1.29 bits per heavy atom. The third kappa shape index (κ3) is 5.06. The standard InChI is InChI=1S/C22H31N5O/c1-5-17-13-19(26-20(25-17)18-10-6-7-11-23-18)27-12-8-9-16(15-27)14-24-21(28)22(2,3)4/h6-7,10-11,13,16H,5,8-9,12,14-15H2,1-4H3,(H,24,28). The molecule has 0 aliphatic carbocycles. The third-order valence-corrected chi connectivity index (χ3v) is 5.10. The van der Waals surface area contributed by atoms with E-state index in [-0.39, 0.29) is 11.3 Å². The molecule has 3 heterocycles. The van der Waals surface area contributed by atoms with Crippen LogP contribution in [0.3, 0.4) is 0 Å². The normalized spacial score (nSPS) is 17.4. The van der Waals surface area contributed by atoms with Crippen molar-refractivity contribution in [1.82, 2.24) is 20.3 Å². The number of aromatic nitrogens is 3. The molecule has 6 nitrogen and oxygen atoms in total. The first-order valence-corrected chi connectivity index (χ1v) is 10.2. The summed E-state index contributed by atoms with van der Waals surface area (Å²) in [4.78, 5) is 28.4. The van der Waals surface area contributed by atoms with Crippen molar-refractivity contribution in [3.05, 3.63) is 36.2 Å². The van der Waals surface area contributed by atoms with Gasteiger partial charge in [-0.25, -0.2) is 9.97 Å². The lowest BCUT2D eigenvalue weighted by Gasteiger charge is -2.34. The number of hydrogen-bond donors (Lipinski definition) is 1. The SMILES string of the molecule is CCc1cc(N2CCCC(CNC(=O)C(C)(C)C)C2)nc(-c2ccccn2)n1. The van der Waals surface area contributed by atoms with Gasteiger partial charge in [0, 0.05) is 43.0 Å². The van der Waals surface area contributed by atoms with Crippen LogP contribution < -0.4 is 10.2 Å². The summed E-state index contributed by atoms with van der Waals surface area (Å²) >= 11 is 0. The van der Waals surface area contributed by atoms with Crippen LogP contribution in [0.1, 0.15) is 46.2 Å². The van der Waals surface area contributed by atoms with E-state index in [1.165, 1.54) is 0 Å². The molecule has 28 heavy (non-hydrogen) atoms. The first-order chi connectivity index (χ1) is 13.4. The van der Waals surface area contributed by atoms with Crippen LogP contribution in [0.25, 0.3) is 11.5 Å². The van der Waals surface area contributed by atoms with E-state index in [9.17, 15) is 4.79 Å². The molecule has 2 aromatic rings. The Labute approximate surface area is 167 Å². The molecule has 6 heteroatoms.